The van der Waals surface area contributed by atoms with E-state index in [1.165, 1.54) is 5.56 Å². The van der Waals surface area contributed by atoms with E-state index in [0.717, 1.165) is 43.7 Å². The van der Waals surface area contributed by atoms with Crippen molar-refractivity contribution < 1.29 is 9.53 Å². The van der Waals surface area contributed by atoms with Gasteiger partial charge >= 0.3 is 0 Å². The van der Waals surface area contributed by atoms with Crippen molar-refractivity contribution in [3.8, 4) is 17.0 Å². The zero-order valence-corrected chi connectivity index (χ0v) is 19.8. The first-order chi connectivity index (χ1) is 16.0. The summed E-state index contributed by atoms with van der Waals surface area (Å²) in [7, 11) is 3.43. The molecule has 2 heterocycles. The molecule has 0 bridgehead atoms. The number of ether oxygens (including phenoxy) is 1. The largest absolute Gasteiger partial charge is 0.496 e. The van der Waals surface area contributed by atoms with Crippen LogP contribution < -0.4 is 15.4 Å². The average Bonchev–Trinajstić information content (AvgIpc) is 3.17. The van der Waals surface area contributed by atoms with Crippen LogP contribution in [-0.2, 0) is 18.4 Å². The number of hydrogen-bond acceptors (Lipinski definition) is 5. The van der Waals surface area contributed by atoms with Gasteiger partial charge in [0.2, 0.25) is 5.91 Å². The number of carbonyl (C=O) groups is 1. The van der Waals surface area contributed by atoms with E-state index in [0.29, 0.717) is 22.5 Å². The van der Waals surface area contributed by atoms with Gasteiger partial charge in [0.15, 0.2) is 0 Å². The van der Waals surface area contributed by atoms with E-state index < -0.39 is 0 Å². The number of methoxy groups -OCH3 is 1. The molecule has 2 N–H and O–H groups in total. The second-order valence-electron chi connectivity index (χ2n) is 8.34. The van der Waals surface area contributed by atoms with Gasteiger partial charge in [-0.05, 0) is 49.7 Å². The molecule has 1 aliphatic rings. The smallest absolute Gasteiger partial charge is 0.238 e. The number of aryl methyl sites for hydroxylation is 1. The van der Waals surface area contributed by atoms with E-state index in [1.54, 1.807) is 18.0 Å². The summed E-state index contributed by atoms with van der Waals surface area (Å²) in [6.07, 6.45) is 3.66. The first-order valence-corrected chi connectivity index (χ1v) is 11.6. The summed E-state index contributed by atoms with van der Waals surface area (Å²) in [6, 6.07) is 16.4. The van der Waals surface area contributed by atoms with E-state index in [4.69, 9.17) is 16.3 Å². The molecule has 0 aliphatic carbocycles. The molecule has 1 fully saturated rings. The van der Waals surface area contributed by atoms with E-state index in [9.17, 15) is 4.79 Å². The molecule has 1 amide bonds. The number of amides is 1. The minimum Gasteiger partial charge on any atom is -0.496 e. The second kappa shape index (κ2) is 10.8. The van der Waals surface area contributed by atoms with E-state index in [2.05, 4.69) is 44.9 Å². The van der Waals surface area contributed by atoms with E-state index >= 15 is 0 Å². The number of hydrogen-bond donors (Lipinski definition) is 2. The summed E-state index contributed by atoms with van der Waals surface area (Å²) in [6.45, 7) is 3.31. The van der Waals surface area contributed by atoms with Crippen LogP contribution in [0.3, 0.4) is 0 Å². The molecule has 3 aromatic rings. The van der Waals surface area contributed by atoms with Gasteiger partial charge < -0.3 is 15.4 Å². The van der Waals surface area contributed by atoms with E-state index in [1.807, 2.05) is 31.3 Å². The van der Waals surface area contributed by atoms with Crippen LogP contribution in [0.2, 0.25) is 5.02 Å². The molecule has 0 unspecified atom stereocenters. The van der Waals surface area contributed by atoms with Crippen molar-refractivity contribution in [3.05, 3.63) is 65.3 Å². The molecule has 1 aromatic heterocycles. The number of carbonyl (C=O) groups excluding carboxylic acids is 1. The Bertz CT molecular complexity index is 1060. The second-order valence-corrected chi connectivity index (χ2v) is 8.75. The van der Waals surface area contributed by atoms with Crippen molar-refractivity contribution in [1.29, 1.82) is 0 Å². The van der Waals surface area contributed by atoms with Gasteiger partial charge in [-0.15, -0.1) is 0 Å². The number of likely N-dealkylation sites (tertiary alicyclic amines) is 1. The van der Waals surface area contributed by atoms with Crippen molar-refractivity contribution >= 4 is 23.2 Å². The summed E-state index contributed by atoms with van der Waals surface area (Å²) < 4.78 is 7.18. The molecule has 0 radical (unpaired) electrons. The molecule has 1 aliphatic heterocycles. The molecule has 1 saturated heterocycles. The van der Waals surface area contributed by atoms with Crippen molar-refractivity contribution in [1.82, 2.24) is 20.0 Å². The predicted molar refractivity (Wildman–Crippen MR) is 132 cm³/mol. The maximum Gasteiger partial charge on any atom is 0.238 e. The fourth-order valence-corrected chi connectivity index (χ4v) is 4.53. The molecule has 8 heteroatoms. The van der Waals surface area contributed by atoms with Gasteiger partial charge in [0.25, 0.3) is 0 Å². The maximum absolute atomic E-state index is 12.6. The molecular weight excluding hydrogens is 438 g/mol. The van der Waals surface area contributed by atoms with Crippen molar-refractivity contribution in [2.45, 2.75) is 25.4 Å². The quantitative estimate of drug-likeness (QED) is 0.525. The Balaban J connectivity index is 1.29. The fraction of sp³-hybridized carbons (Fsp3) is 0.360. The SMILES string of the molecule is COc1ccc(NC(=O)CNC2CCN(Cc3ccccc3)CC2)cc1-c1c(Cl)cnn1C. The summed E-state index contributed by atoms with van der Waals surface area (Å²) >= 11 is 6.32. The summed E-state index contributed by atoms with van der Waals surface area (Å²) in [5.41, 5.74) is 3.55. The summed E-state index contributed by atoms with van der Waals surface area (Å²) in [5, 5.41) is 11.1. The lowest BCUT2D eigenvalue weighted by atomic mass is 10.0. The number of rotatable bonds is 8. The molecule has 0 atom stereocenters. The number of piperidine rings is 1. The van der Waals surface area contributed by atoms with Gasteiger partial charge in [0.05, 0.1) is 30.6 Å². The number of halogens is 1. The van der Waals surface area contributed by atoms with Crippen LogP contribution in [0.25, 0.3) is 11.3 Å². The Labute approximate surface area is 199 Å². The van der Waals surface area contributed by atoms with Crippen LogP contribution in [0.15, 0.2) is 54.7 Å². The maximum atomic E-state index is 12.6. The van der Waals surface area contributed by atoms with Gasteiger partial charge in [-0.25, -0.2) is 0 Å². The number of aromatic nitrogens is 2. The minimum atomic E-state index is -0.0751. The highest BCUT2D eigenvalue weighted by Crippen LogP contribution is 2.36. The zero-order valence-electron chi connectivity index (χ0n) is 19.1. The lowest BCUT2D eigenvalue weighted by Crippen LogP contribution is -2.44. The first-order valence-electron chi connectivity index (χ1n) is 11.2. The molecule has 2 aromatic carbocycles. The number of nitrogens with one attached hydrogen (secondary N) is 2. The van der Waals surface area contributed by atoms with Crippen LogP contribution in [0.1, 0.15) is 18.4 Å². The number of benzene rings is 2. The third-order valence-electron chi connectivity index (χ3n) is 6.02. The predicted octanol–water partition coefficient (Wildman–Crippen LogP) is 3.94. The van der Waals surface area contributed by atoms with Crippen LogP contribution >= 0.6 is 11.6 Å². The average molecular weight is 468 g/mol. The molecule has 33 heavy (non-hydrogen) atoms. The summed E-state index contributed by atoms with van der Waals surface area (Å²) in [5.74, 6) is 0.591. The Morgan fingerprint density at radius 2 is 1.94 bits per heavy atom. The third kappa shape index (κ3) is 5.93. The lowest BCUT2D eigenvalue weighted by Gasteiger charge is -2.32. The summed E-state index contributed by atoms with van der Waals surface area (Å²) in [4.78, 5) is 15.1. The zero-order chi connectivity index (χ0) is 23.2. The molecule has 0 spiro atoms. The third-order valence-corrected chi connectivity index (χ3v) is 6.30. The fourth-order valence-electron chi connectivity index (χ4n) is 4.26. The molecule has 4 rings (SSSR count). The van der Waals surface area contributed by atoms with Gasteiger partial charge in [-0.3, -0.25) is 14.4 Å². The highest BCUT2D eigenvalue weighted by Gasteiger charge is 2.20. The standard InChI is InChI=1S/C25H30ClN5O2/c1-30-25(22(26)15-28-30)21-14-20(8-9-23(21)33-2)29-24(32)16-27-19-10-12-31(13-11-19)17-18-6-4-3-5-7-18/h3-9,14-15,19,27H,10-13,16-17H2,1-2H3,(H,29,32). The van der Waals surface area contributed by atoms with Crippen LogP contribution in [-0.4, -0.2) is 53.4 Å². The van der Waals surface area contributed by atoms with Gasteiger partial charge in [0.1, 0.15) is 5.75 Å². The van der Waals surface area contributed by atoms with Crippen LogP contribution in [0, 0.1) is 0 Å². The minimum absolute atomic E-state index is 0.0751. The Hall–Kier alpha value is -2.87. The van der Waals surface area contributed by atoms with Crippen LogP contribution in [0.4, 0.5) is 5.69 Å². The van der Waals surface area contributed by atoms with Crippen molar-refractivity contribution in [3.63, 3.8) is 0 Å². The molecule has 0 saturated carbocycles. The highest BCUT2D eigenvalue weighted by atomic mass is 35.5. The monoisotopic (exact) mass is 467 g/mol. The van der Waals surface area contributed by atoms with Gasteiger partial charge in [-0.2, -0.15) is 5.10 Å². The molecule has 7 nitrogen and oxygen atoms in total. The molecular formula is C25H30ClN5O2. The van der Waals surface area contributed by atoms with Gasteiger partial charge in [-0.1, -0.05) is 41.9 Å². The Kier molecular flexibility index (Phi) is 7.65. The normalized spacial score (nSPS) is 14.9. The topological polar surface area (TPSA) is 71.4 Å². The Morgan fingerprint density at radius 1 is 1.18 bits per heavy atom. The molecule has 174 valence electrons. The number of nitrogens with zero attached hydrogens (tertiary/aromatic N) is 3. The van der Waals surface area contributed by atoms with Crippen molar-refractivity contribution in [2.75, 3.05) is 32.1 Å². The van der Waals surface area contributed by atoms with Gasteiger partial charge in [0, 0.05) is 30.9 Å². The van der Waals surface area contributed by atoms with Crippen molar-refractivity contribution in [2.24, 2.45) is 7.05 Å². The number of anilines is 1. The highest BCUT2D eigenvalue weighted by molar-refractivity contribution is 6.33. The lowest BCUT2D eigenvalue weighted by molar-refractivity contribution is -0.115. The van der Waals surface area contributed by atoms with Crippen LogP contribution in [0.5, 0.6) is 5.75 Å². The van der Waals surface area contributed by atoms with E-state index in [-0.39, 0.29) is 12.5 Å². The Morgan fingerprint density at radius 3 is 2.61 bits per heavy atom. The first kappa shape index (κ1) is 23.3.